The highest BCUT2D eigenvalue weighted by atomic mass is 35.5. The summed E-state index contributed by atoms with van der Waals surface area (Å²) >= 11 is 7.59. The smallest absolute Gasteiger partial charge is 0.337 e. The van der Waals surface area contributed by atoms with Gasteiger partial charge in [0.1, 0.15) is 0 Å². The third kappa shape index (κ3) is 3.88. The molecule has 0 spiro atoms. The molecule has 1 aliphatic carbocycles. The zero-order valence-electron chi connectivity index (χ0n) is 10.8. The number of carboxylic acid groups (broad SMARTS) is 1. The maximum atomic E-state index is 11.1. The predicted octanol–water partition coefficient (Wildman–Crippen LogP) is 4.09. The minimum Gasteiger partial charge on any atom is -0.478 e. The minimum atomic E-state index is -0.981. The number of carboxylic acids is 1. The highest BCUT2D eigenvalue weighted by Gasteiger charge is 2.23. The van der Waals surface area contributed by atoms with Crippen LogP contribution in [0.15, 0.2) is 23.1 Å². The summed E-state index contributed by atoms with van der Waals surface area (Å²) in [6.07, 6.45) is 4.78. The largest absolute Gasteiger partial charge is 0.478 e. The fourth-order valence-electron chi connectivity index (χ4n) is 2.36. The van der Waals surface area contributed by atoms with Gasteiger partial charge < -0.3 is 9.84 Å². The van der Waals surface area contributed by atoms with Gasteiger partial charge in [-0.05, 0) is 43.9 Å². The Balaban J connectivity index is 2.06. The third-order valence-corrected chi connectivity index (χ3v) is 5.00. The van der Waals surface area contributed by atoms with Crippen molar-refractivity contribution >= 4 is 29.3 Å². The van der Waals surface area contributed by atoms with Crippen molar-refractivity contribution in [3.63, 3.8) is 0 Å². The van der Waals surface area contributed by atoms with Crippen LogP contribution in [-0.2, 0) is 4.74 Å². The van der Waals surface area contributed by atoms with Crippen molar-refractivity contribution in [2.75, 3.05) is 7.11 Å². The molecule has 0 amide bonds. The van der Waals surface area contributed by atoms with Crippen molar-refractivity contribution in [1.82, 2.24) is 0 Å². The molecule has 2 rings (SSSR count). The fraction of sp³-hybridized carbons (Fsp3) is 0.500. The molecule has 1 N–H and O–H groups in total. The molecule has 1 fully saturated rings. The fourth-order valence-corrected chi connectivity index (χ4v) is 3.87. The Morgan fingerprint density at radius 3 is 2.95 bits per heavy atom. The van der Waals surface area contributed by atoms with E-state index < -0.39 is 5.97 Å². The van der Waals surface area contributed by atoms with E-state index in [2.05, 4.69) is 0 Å². The molecule has 0 radical (unpaired) electrons. The van der Waals surface area contributed by atoms with Gasteiger partial charge in [0.15, 0.2) is 0 Å². The Hall–Kier alpha value is -0.710. The average Bonchev–Trinajstić information content (AvgIpc) is 2.41. The van der Waals surface area contributed by atoms with Crippen molar-refractivity contribution in [2.24, 2.45) is 0 Å². The minimum absolute atomic E-state index is 0.172. The SMILES string of the molecule is COC1CCCC(Sc2ccc(Cl)c(C(=O)O)c2)C1. The van der Waals surface area contributed by atoms with Crippen LogP contribution < -0.4 is 0 Å². The predicted molar refractivity (Wildman–Crippen MR) is 77.3 cm³/mol. The van der Waals surface area contributed by atoms with Gasteiger partial charge in [0, 0.05) is 17.3 Å². The van der Waals surface area contributed by atoms with Crippen molar-refractivity contribution in [3.05, 3.63) is 28.8 Å². The molecule has 5 heteroatoms. The van der Waals surface area contributed by atoms with E-state index in [1.807, 2.05) is 6.07 Å². The van der Waals surface area contributed by atoms with E-state index in [9.17, 15) is 4.79 Å². The number of rotatable bonds is 4. The van der Waals surface area contributed by atoms with Crippen molar-refractivity contribution in [1.29, 1.82) is 0 Å². The molecule has 2 atom stereocenters. The summed E-state index contributed by atoms with van der Waals surface area (Å²) in [7, 11) is 1.75. The number of thioether (sulfide) groups is 1. The first-order valence-corrected chi connectivity index (χ1v) is 7.58. The van der Waals surface area contributed by atoms with Gasteiger partial charge in [0.2, 0.25) is 0 Å². The van der Waals surface area contributed by atoms with Crippen molar-refractivity contribution in [2.45, 2.75) is 41.9 Å². The summed E-state index contributed by atoms with van der Waals surface area (Å²) in [6.45, 7) is 0. The Kier molecular flexibility index (Phi) is 5.13. The van der Waals surface area contributed by atoms with Gasteiger partial charge in [-0.25, -0.2) is 4.79 Å². The highest BCUT2D eigenvalue weighted by Crippen LogP contribution is 2.35. The zero-order valence-corrected chi connectivity index (χ0v) is 12.3. The van der Waals surface area contributed by atoms with Gasteiger partial charge in [-0.2, -0.15) is 0 Å². The number of hydrogen-bond acceptors (Lipinski definition) is 3. The van der Waals surface area contributed by atoms with Gasteiger partial charge in [0.25, 0.3) is 0 Å². The maximum absolute atomic E-state index is 11.1. The van der Waals surface area contributed by atoms with E-state index in [4.69, 9.17) is 21.4 Å². The summed E-state index contributed by atoms with van der Waals surface area (Å²) in [5, 5.41) is 9.84. The van der Waals surface area contributed by atoms with Gasteiger partial charge in [-0.1, -0.05) is 11.6 Å². The maximum Gasteiger partial charge on any atom is 0.337 e. The molecule has 0 saturated heterocycles. The number of methoxy groups -OCH3 is 1. The Morgan fingerprint density at radius 2 is 2.26 bits per heavy atom. The monoisotopic (exact) mass is 300 g/mol. The molecule has 1 saturated carbocycles. The Bertz CT molecular complexity index is 464. The van der Waals surface area contributed by atoms with E-state index in [0.29, 0.717) is 11.4 Å². The summed E-state index contributed by atoms with van der Waals surface area (Å²) in [4.78, 5) is 12.0. The van der Waals surface area contributed by atoms with E-state index in [1.54, 1.807) is 31.0 Å². The second-order valence-electron chi connectivity index (χ2n) is 4.71. The van der Waals surface area contributed by atoms with E-state index in [-0.39, 0.29) is 10.6 Å². The van der Waals surface area contributed by atoms with Gasteiger partial charge in [-0.15, -0.1) is 11.8 Å². The number of carbonyl (C=O) groups is 1. The van der Waals surface area contributed by atoms with E-state index in [1.165, 1.54) is 0 Å². The van der Waals surface area contributed by atoms with Crippen molar-refractivity contribution in [3.8, 4) is 0 Å². The first-order chi connectivity index (χ1) is 9.10. The summed E-state index contributed by atoms with van der Waals surface area (Å²) in [5.74, 6) is -0.981. The highest BCUT2D eigenvalue weighted by molar-refractivity contribution is 8.00. The van der Waals surface area contributed by atoms with Crippen LogP contribution in [0.4, 0.5) is 0 Å². The van der Waals surface area contributed by atoms with Crippen LogP contribution in [-0.4, -0.2) is 29.5 Å². The number of aromatic carboxylic acids is 1. The first kappa shape index (κ1) is 14.7. The molecule has 0 aromatic heterocycles. The van der Waals surface area contributed by atoms with Crippen LogP contribution in [0.1, 0.15) is 36.0 Å². The topological polar surface area (TPSA) is 46.5 Å². The normalized spacial score (nSPS) is 23.3. The summed E-state index contributed by atoms with van der Waals surface area (Å²) in [6, 6.07) is 5.20. The van der Waals surface area contributed by atoms with Crippen LogP contribution >= 0.6 is 23.4 Å². The molecular formula is C14H17ClO3S. The zero-order chi connectivity index (χ0) is 13.8. The molecule has 0 aliphatic heterocycles. The standard InChI is InChI=1S/C14H17ClO3S/c1-18-9-3-2-4-10(7-9)19-11-5-6-13(15)12(8-11)14(16)17/h5-6,8-10H,2-4,7H2,1H3,(H,16,17). The van der Waals surface area contributed by atoms with E-state index >= 15 is 0 Å². The lowest BCUT2D eigenvalue weighted by atomic mass is 9.97. The Morgan fingerprint density at radius 1 is 1.47 bits per heavy atom. The summed E-state index contributed by atoms with van der Waals surface area (Å²) in [5.41, 5.74) is 0.172. The van der Waals surface area contributed by atoms with Crippen LogP contribution in [0.3, 0.4) is 0 Å². The van der Waals surface area contributed by atoms with Gasteiger partial charge >= 0.3 is 5.97 Å². The molecule has 0 heterocycles. The molecule has 1 aromatic carbocycles. The quantitative estimate of drug-likeness (QED) is 0.910. The van der Waals surface area contributed by atoms with Crippen molar-refractivity contribution < 1.29 is 14.6 Å². The van der Waals surface area contributed by atoms with Crippen LogP contribution in [0.2, 0.25) is 5.02 Å². The molecule has 19 heavy (non-hydrogen) atoms. The molecule has 0 bridgehead atoms. The molecule has 104 valence electrons. The lowest BCUT2D eigenvalue weighted by Crippen LogP contribution is -2.23. The van der Waals surface area contributed by atoms with E-state index in [0.717, 1.165) is 30.6 Å². The second-order valence-corrected chi connectivity index (χ2v) is 6.49. The lowest BCUT2D eigenvalue weighted by molar-refractivity contribution is 0.0696. The van der Waals surface area contributed by atoms with Gasteiger partial charge in [0.05, 0.1) is 16.7 Å². The molecular weight excluding hydrogens is 284 g/mol. The second kappa shape index (κ2) is 6.64. The molecule has 1 aliphatic rings. The van der Waals surface area contributed by atoms with Crippen LogP contribution in [0.25, 0.3) is 0 Å². The number of benzene rings is 1. The molecule has 2 unspecified atom stereocenters. The van der Waals surface area contributed by atoms with Crippen LogP contribution in [0, 0.1) is 0 Å². The first-order valence-electron chi connectivity index (χ1n) is 6.32. The third-order valence-electron chi connectivity index (χ3n) is 3.38. The number of halogens is 1. The average molecular weight is 301 g/mol. The number of ether oxygens (including phenoxy) is 1. The van der Waals surface area contributed by atoms with Crippen LogP contribution in [0.5, 0.6) is 0 Å². The van der Waals surface area contributed by atoms with Gasteiger partial charge in [-0.3, -0.25) is 0 Å². The summed E-state index contributed by atoms with van der Waals surface area (Å²) < 4.78 is 5.41. The molecule has 1 aromatic rings. The number of hydrogen-bond donors (Lipinski definition) is 1. The lowest BCUT2D eigenvalue weighted by Gasteiger charge is -2.27. The molecule has 3 nitrogen and oxygen atoms in total. The Labute approximate surface area is 122 Å².